The Labute approximate surface area is 105 Å². The molecule has 0 bridgehead atoms. The van der Waals surface area contributed by atoms with E-state index in [4.69, 9.17) is 5.11 Å². The number of nitrogens with zero attached hydrogens (tertiary/aromatic N) is 4. The molecule has 5 nitrogen and oxygen atoms in total. The summed E-state index contributed by atoms with van der Waals surface area (Å²) in [6.45, 7) is -0.0226. The molecule has 2 aromatic heterocycles. The van der Waals surface area contributed by atoms with Gasteiger partial charge in [-0.1, -0.05) is 0 Å². The minimum atomic E-state index is -0.0226. The van der Waals surface area contributed by atoms with Gasteiger partial charge in [0.1, 0.15) is 0 Å². The van der Waals surface area contributed by atoms with Gasteiger partial charge in [0, 0.05) is 19.4 Å². The molecule has 0 saturated heterocycles. The fourth-order valence-corrected chi connectivity index (χ4v) is 2.04. The van der Waals surface area contributed by atoms with E-state index in [1.54, 1.807) is 18.6 Å². The largest absolute Gasteiger partial charge is 0.390 e. The van der Waals surface area contributed by atoms with E-state index in [0.717, 1.165) is 15.3 Å². The molecule has 0 amide bonds. The first kappa shape index (κ1) is 11.6. The van der Waals surface area contributed by atoms with Crippen LogP contribution in [0.2, 0.25) is 0 Å². The number of aromatic nitrogens is 4. The first-order chi connectivity index (χ1) is 7.70. The normalized spacial score (nSPS) is 10.7. The van der Waals surface area contributed by atoms with E-state index >= 15 is 0 Å². The van der Waals surface area contributed by atoms with Crippen LogP contribution in [-0.4, -0.2) is 24.6 Å². The minimum Gasteiger partial charge on any atom is -0.390 e. The number of rotatable bonds is 3. The lowest BCUT2D eigenvalue weighted by atomic mass is 10.5. The lowest BCUT2D eigenvalue weighted by molar-refractivity contribution is 0.271. The van der Waals surface area contributed by atoms with Crippen molar-refractivity contribution < 1.29 is 5.11 Å². The van der Waals surface area contributed by atoms with Crippen LogP contribution in [0.3, 0.4) is 0 Å². The standard InChI is InChI=1S/C9H9BrN4OS/c1-14-7(5-15)4-13-9(14)16-8-11-2-6(10)3-12-8/h2-4,15H,5H2,1H3. The molecule has 7 heteroatoms. The third kappa shape index (κ3) is 2.42. The van der Waals surface area contributed by atoms with Crippen LogP contribution in [0.1, 0.15) is 5.69 Å². The molecule has 0 aromatic carbocycles. The molecule has 0 spiro atoms. The fraction of sp³-hybridized carbons (Fsp3) is 0.222. The van der Waals surface area contributed by atoms with Gasteiger partial charge in [0.15, 0.2) is 10.3 Å². The molecule has 84 valence electrons. The maximum Gasteiger partial charge on any atom is 0.195 e. The number of hydrogen-bond donors (Lipinski definition) is 1. The molecule has 16 heavy (non-hydrogen) atoms. The van der Waals surface area contributed by atoms with Crippen molar-refractivity contribution in [3.63, 3.8) is 0 Å². The smallest absolute Gasteiger partial charge is 0.195 e. The Balaban J connectivity index is 2.20. The van der Waals surface area contributed by atoms with Gasteiger partial charge in [0.2, 0.25) is 0 Å². The van der Waals surface area contributed by atoms with Crippen molar-refractivity contribution in [1.29, 1.82) is 0 Å². The quantitative estimate of drug-likeness (QED) is 0.873. The highest BCUT2D eigenvalue weighted by Gasteiger charge is 2.08. The molecule has 0 saturated carbocycles. The SMILES string of the molecule is Cn1c(CO)cnc1Sc1ncc(Br)cn1. The molecule has 0 aliphatic rings. The Kier molecular flexibility index (Phi) is 3.57. The van der Waals surface area contributed by atoms with Gasteiger partial charge in [-0.15, -0.1) is 0 Å². The van der Waals surface area contributed by atoms with Gasteiger partial charge in [-0.2, -0.15) is 0 Å². The fourth-order valence-electron chi connectivity index (χ4n) is 1.10. The molecule has 0 aliphatic heterocycles. The van der Waals surface area contributed by atoms with Crippen LogP contribution in [0.5, 0.6) is 0 Å². The Morgan fingerprint density at radius 1 is 1.31 bits per heavy atom. The zero-order valence-electron chi connectivity index (χ0n) is 8.46. The van der Waals surface area contributed by atoms with Crippen molar-refractivity contribution in [3.8, 4) is 0 Å². The third-order valence-corrected chi connectivity index (χ3v) is 3.35. The number of imidazole rings is 1. The van der Waals surface area contributed by atoms with Crippen molar-refractivity contribution in [3.05, 3.63) is 28.8 Å². The van der Waals surface area contributed by atoms with Gasteiger partial charge in [0.05, 0.1) is 23.0 Å². The second-order valence-electron chi connectivity index (χ2n) is 3.04. The topological polar surface area (TPSA) is 63.8 Å². The Hall–Kier alpha value is -0.920. The third-order valence-electron chi connectivity index (χ3n) is 1.98. The van der Waals surface area contributed by atoms with E-state index in [1.165, 1.54) is 11.8 Å². The number of hydrogen-bond acceptors (Lipinski definition) is 5. The predicted molar refractivity (Wildman–Crippen MR) is 63.0 cm³/mol. The second kappa shape index (κ2) is 4.94. The maximum absolute atomic E-state index is 9.03. The number of aliphatic hydroxyl groups excluding tert-OH is 1. The monoisotopic (exact) mass is 300 g/mol. The molecule has 0 radical (unpaired) electrons. The summed E-state index contributed by atoms with van der Waals surface area (Å²) < 4.78 is 2.66. The van der Waals surface area contributed by atoms with Crippen LogP contribution in [0, 0.1) is 0 Å². The van der Waals surface area contributed by atoms with Gasteiger partial charge in [0.25, 0.3) is 0 Å². The summed E-state index contributed by atoms with van der Waals surface area (Å²) in [6, 6.07) is 0. The highest BCUT2D eigenvalue weighted by Crippen LogP contribution is 2.23. The summed E-state index contributed by atoms with van der Waals surface area (Å²) in [5.41, 5.74) is 0.764. The van der Waals surface area contributed by atoms with Gasteiger partial charge >= 0.3 is 0 Å². The predicted octanol–water partition coefficient (Wildman–Crippen LogP) is 1.62. The summed E-state index contributed by atoms with van der Waals surface area (Å²) in [7, 11) is 1.85. The first-order valence-corrected chi connectivity index (χ1v) is 6.08. The molecule has 0 unspecified atom stereocenters. The van der Waals surface area contributed by atoms with Crippen LogP contribution in [0.15, 0.2) is 33.4 Å². The lowest BCUT2D eigenvalue weighted by Gasteiger charge is -2.02. The van der Waals surface area contributed by atoms with Crippen LogP contribution >= 0.6 is 27.7 Å². The Morgan fingerprint density at radius 2 is 2.00 bits per heavy atom. The highest BCUT2D eigenvalue weighted by molar-refractivity contribution is 9.10. The lowest BCUT2D eigenvalue weighted by Crippen LogP contribution is -1.97. The summed E-state index contributed by atoms with van der Waals surface area (Å²) in [5.74, 6) is 0. The summed E-state index contributed by atoms with van der Waals surface area (Å²) in [4.78, 5) is 12.5. The van der Waals surface area contributed by atoms with Crippen molar-refractivity contribution in [2.45, 2.75) is 16.9 Å². The van der Waals surface area contributed by atoms with Crippen molar-refractivity contribution in [1.82, 2.24) is 19.5 Å². The van der Waals surface area contributed by atoms with E-state index in [0.29, 0.717) is 5.16 Å². The molecular weight excluding hydrogens is 292 g/mol. The van der Waals surface area contributed by atoms with E-state index < -0.39 is 0 Å². The van der Waals surface area contributed by atoms with Crippen molar-refractivity contribution in [2.75, 3.05) is 0 Å². The van der Waals surface area contributed by atoms with E-state index in [2.05, 4.69) is 30.9 Å². The molecule has 2 aromatic rings. The number of halogens is 1. The summed E-state index contributed by atoms with van der Waals surface area (Å²) in [5, 5.41) is 10.4. The van der Waals surface area contributed by atoms with E-state index in [1.807, 2.05) is 11.6 Å². The van der Waals surface area contributed by atoms with Gasteiger partial charge < -0.3 is 9.67 Å². The molecule has 0 atom stereocenters. The zero-order chi connectivity index (χ0) is 11.5. The molecule has 2 heterocycles. The molecule has 2 rings (SSSR count). The van der Waals surface area contributed by atoms with Crippen LogP contribution in [-0.2, 0) is 13.7 Å². The van der Waals surface area contributed by atoms with Gasteiger partial charge in [-0.25, -0.2) is 15.0 Å². The van der Waals surface area contributed by atoms with Gasteiger partial charge in [-0.3, -0.25) is 0 Å². The average molecular weight is 301 g/mol. The number of aliphatic hydroxyl groups is 1. The molecular formula is C9H9BrN4OS. The zero-order valence-corrected chi connectivity index (χ0v) is 10.9. The molecule has 0 fully saturated rings. The van der Waals surface area contributed by atoms with Crippen molar-refractivity contribution >= 4 is 27.7 Å². The molecule has 0 aliphatic carbocycles. The van der Waals surface area contributed by atoms with E-state index in [9.17, 15) is 0 Å². The highest BCUT2D eigenvalue weighted by atomic mass is 79.9. The van der Waals surface area contributed by atoms with Crippen LogP contribution < -0.4 is 0 Å². The Morgan fingerprint density at radius 3 is 2.56 bits per heavy atom. The van der Waals surface area contributed by atoms with Crippen LogP contribution in [0.4, 0.5) is 0 Å². The van der Waals surface area contributed by atoms with Crippen molar-refractivity contribution in [2.24, 2.45) is 7.05 Å². The summed E-state index contributed by atoms with van der Waals surface area (Å²) in [6.07, 6.45) is 5.01. The second-order valence-corrected chi connectivity index (χ2v) is 4.89. The molecule has 1 N–H and O–H groups in total. The van der Waals surface area contributed by atoms with E-state index in [-0.39, 0.29) is 6.61 Å². The van der Waals surface area contributed by atoms with Crippen LogP contribution in [0.25, 0.3) is 0 Å². The maximum atomic E-state index is 9.03. The minimum absolute atomic E-state index is 0.0226. The first-order valence-electron chi connectivity index (χ1n) is 4.47. The summed E-state index contributed by atoms with van der Waals surface area (Å²) >= 11 is 4.63. The Bertz CT molecular complexity index is 485. The average Bonchev–Trinajstić information content (AvgIpc) is 2.63. The van der Waals surface area contributed by atoms with Gasteiger partial charge in [-0.05, 0) is 27.7 Å².